The van der Waals surface area contributed by atoms with E-state index < -0.39 is 12.7 Å². The largest absolute Gasteiger partial charge is 0.405 e. The zero-order chi connectivity index (χ0) is 13.9. The van der Waals surface area contributed by atoms with Crippen LogP contribution in [0.15, 0.2) is 18.3 Å². The van der Waals surface area contributed by atoms with Gasteiger partial charge in [-0.2, -0.15) is 13.2 Å². The molecule has 1 rings (SSSR count). The quantitative estimate of drug-likeness (QED) is 0.906. The number of pyridine rings is 1. The smallest absolute Gasteiger partial charge is 0.345 e. The molecule has 102 valence electrons. The molecule has 0 amide bonds. The summed E-state index contributed by atoms with van der Waals surface area (Å²) < 4.78 is 37.4. The van der Waals surface area contributed by atoms with Gasteiger partial charge < -0.3 is 10.6 Å². The molecule has 0 fully saturated rings. The molecule has 3 nitrogen and oxygen atoms in total. The summed E-state index contributed by atoms with van der Waals surface area (Å²) in [6, 6.07) is 2.82. The van der Waals surface area contributed by atoms with E-state index in [4.69, 9.17) is 5.73 Å². The fraction of sp³-hybridized carbons (Fsp3) is 0.583. The Hall–Kier alpha value is -1.30. The monoisotopic (exact) mass is 261 g/mol. The number of hydrogen-bond acceptors (Lipinski definition) is 3. The number of rotatable bonds is 4. The fourth-order valence-electron chi connectivity index (χ4n) is 1.56. The van der Waals surface area contributed by atoms with E-state index in [1.807, 2.05) is 0 Å². The first kappa shape index (κ1) is 14.8. The standard InChI is InChI=1S/C12H18F3N3/c1-8(2)18(7-12(13,14)15)11-5-4-10(6-17-11)9(3)16/h4-6,8-9H,7,16H2,1-3H3. The van der Waals surface area contributed by atoms with Gasteiger partial charge >= 0.3 is 6.18 Å². The molecule has 1 aromatic rings. The van der Waals surface area contributed by atoms with Crippen LogP contribution in [0, 0.1) is 0 Å². The van der Waals surface area contributed by atoms with Crippen LogP contribution in [-0.2, 0) is 0 Å². The maximum atomic E-state index is 12.5. The van der Waals surface area contributed by atoms with E-state index in [9.17, 15) is 13.2 Å². The lowest BCUT2D eigenvalue weighted by Gasteiger charge is -2.28. The van der Waals surface area contributed by atoms with Gasteiger partial charge in [0, 0.05) is 18.3 Å². The Balaban J connectivity index is 2.93. The summed E-state index contributed by atoms with van der Waals surface area (Å²) >= 11 is 0. The molecule has 0 bridgehead atoms. The Bertz CT molecular complexity index is 371. The topological polar surface area (TPSA) is 42.1 Å². The first-order chi connectivity index (χ1) is 8.20. The molecule has 1 unspecified atom stereocenters. The van der Waals surface area contributed by atoms with E-state index in [1.54, 1.807) is 32.9 Å². The van der Waals surface area contributed by atoms with Gasteiger partial charge in [-0.05, 0) is 32.4 Å². The molecular formula is C12H18F3N3. The second-order valence-electron chi connectivity index (χ2n) is 4.58. The van der Waals surface area contributed by atoms with Gasteiger partial charge in [0.25, 0.3) is 0 Å². The Kier molecular flexibility index (Phi) is 4.56. The third-order valence-corrected chi connectivity index (χ3v) is 2.56. The van der Waals surface area contributed by atoms with E-state index in [-0.39, 0.29) is 12.1 Å². The molecule has 0 saturated carbocycles. The van der Waals surface area contributed by atoms with E-state index in [0.29, 0.717) is 5.82 Å². The van der Waals surface area contributed by atoms with Crippen molar-refractivity contribution in [2.45, 2.75) is 39.0 Å². The summed E-state index contributed by atoms with van der Waals surface area (Å²) in [5.74, 6) is 0.312. The average molecular weight is 261 g/mol. The fourth-order valence-corrected chi connectivity index (χ4v) is 1.56. The van der Waals surface area contributed by atoms with Crippen molar-refractivity contribution < 1.29 is 13.2 Å². The molecule has 0 saturated heterocycles. The third kappa shape index (κ3) is 4.18. The Morgan fingerprint density at radius 1 is 1.28 bits per heavy atom. The lowest BCUT2D eigenvalue weighted by atomic mass is 10.1. The van der Waals surface area contributed by atoms with Crippen LogP contribution in [0.4, 0.5) is 19.0 Å². The van der Waals surface area contributed by atoms with Crippen LogP contribution in [0.25, 0.3) is 0 Å². The Labute approximate surface area is 105 Å². The number of nitrogens with two attached hydrogens (primary N) is 1. The van der Waals surface area contributed by atoms with Gasteiger partial charge in [-0.3, -0.25) is 0 Å². The number of anilines is 1. The van der Waals surface area contributed by atoms with E-state index in [0.717, 1.165) is 5.56 Å². The Morgan fingerprint density at radius 2 is 1.89 bits per heavy atom. The van der Waals surface area contributed by atoms with Crippen molar-refractivity contribution in [3.05, 3.63) is 23.9 Å². The van der Waals surface area contributed by atoms with Gasteiger partial charge in [-0.25, -0.2) is 4.98 Å². The SMILES string of the molecule is CC(N)c1ccc(N(CC(F)(F)F)C(C)C)nc1. The molecule has 0 radical (unpaired) electrons. The lowest BCUT2D eigenvalue weighted by molar-refractivity contribution is -0.120. The molecule has 1 atom stereocenters. The molecule has 0 spiro atoms. The minimum Gasteiger partial charge on any atom is -0.345 e. The number of aromatic nitrogens is 1. The van der Waals surface area contributed by atoms with Crippen LogP contribution < -0.4 is 10.6 Å². The van der Waals surface area contributed by atoms with Crippen molar-refractivity contribution in [3.63, 3.8) is 0 Å². The Morgan fingerprint density at radius 3 is 2.22 bits per heavy atom. The molecular weight excluding hydrogens is 243 g/mol. The van der Waals surface area contributed by atoms with Gasteiger partial charge in [-0.1, -0.05) is 6.07 Å². The summed E-state index contributed by atoms with van der Waals surface area (Å²) in [6.07, 6.45) is -2.72. The molecule has 0 aromatic carbocycles. The van der Waals surface area contributed by atoms with E-state index >= 15 is 0 Å². The van der Waals surface area contributed by atoms with Crippen LogP contribution in [0.3, 0.4) is 0 Å². The molecule has 1 heterocycles. The highest BCUT2D eigenvalue weighted by molar-refractivity contribution is 5.41. The second kappa shape index (κ2) is 5.56. The number of nitrogens with zero attached hydrogens (tertiary/aromatic N) is 2. The van der Waals surface area contributed by atoms with E-state index in [2.05, 4.69) is 4.98 Å². The first-order valence-corrected chi connectivity index (χ1v) is 5.75. The van der Waals surface area contributed by atoms with Crippen LogP contribution in [0.1, 0.15) is 32.4 Å². The average Bonchev–Trinajstić information content (AvgIpc) is 2.24. The number of alkyl halides is 3. The maximum Gasteiger partial charge on any atom is 0.405 e. The van der Waals surface area contributed by atoms with Gasteiger partial charge in [0.05, 0.1) is 0 Å². The van der Waals surface area contributed by atoms with Gasteiger partial charge in [0.2, 0.25) is 0 Å². The predicted octanol–water partition coefficient (Wildman–Crippen LogP) is 2.88. The maximum absolute atomic E-state index is 12.5. The van der Waals surface area contributed by atoms with Crippen LogP contribution in [0.2, 0.25) is 0 Å². The zero-order valence-electron chi connectivity index (χ0n) is 10.7. The minimum absolute atomic E-state index is 0.179. The molecule has 6 heteroatoms. The van der Waals surface area contributed by atoms with Crippen molar-refractivity contribution in [2.24, 2.45) is 5.73 Å². The van der Waals surface area contributed by atoms with Crippen molar-refractivity contribution in [2.75, 3.05) is 11.4 Å². The van der Waals surface area contributed by atoms with Crippen LogP contribution >= 0.6 is 0 Å². The van der Waals surface area contributed by atoms with Crippen molar-refractivity contribution in [1.82, 2.24) is 4.98 Å². The highest BCUT2D eigenvalue weighted by Gasteiger charge is 2.32. The predicted molar refractivity (Wildman–Crippen MR) is 65.4 cm³/mol. The number of halogens is 3. The first-order valence-electron chi connectivity index (χ1n) is 5.75. The van der Waals surface area contributed by atoms with Gasteiger partial charge in [0.15, 0.2) is 0 Å². The van der Waals surface area contributed by atoms with Crippen molar-refractivity contribution in [1.29, 1.82) is 0 Å². The molecule has 0 aliphatic carbocycles. The van der Waals surface area contributed by atoms with Crippen LogP contribution in [0.5, 0.6) is 0 Å². The highest BCUT2D eigenvalue weighted by atomic mass is 19.4. The third-order valence-electron chi connectivity index (χ3n) is 2.56. The molecule has 0 aliphatic heterocycles. The van der Waals surface area contributed by atoms with Crippen LogP contribution in [-0.4, -0.2) is 23.7 Å². The normalized spacial score (nSPS) is 13.8. The van der Waals surface area contributed by atoms with Gasteiger partial charge in [-0.15, -0.1) is 0 Å². The summed E-state index contributed by atoms with van der Waals surface area (Å²) in [5, 5.41) is 0. The summed E-state index contributed by atoms with van der Waals surface area (Å²) in [7, 11) is 0. The molecule has 18 heavy (non-hydrogen) atoms. The summed E-state index contributed by atoms with van der Waals surface area (Å²) in [4.78, 5) is 5.26. The highest BCUT2D eigenvalue weighted by Crippen LogP contribution is 2.23. The number of hydrogen-bond donors (Lipinski definition) is 1. The second-order valence-corrected chi connectivity index (χ2v) is 4.58. The lowest BCUT2D eigenvalue weighted by Crippen LogP contribution is -2.39. The van der Waals surface area contributed by atoms with Gasteiger partial charge in [0.1, 0.15) is 12.4 Å². The minimum atomic E-state index is -4.24. The summed E-state index contributed by atoms with van der Waals surface area (Å²) in [5.41, 5.74) is 6.47. The molecule has 2 N–H and O–H groups in total. The van der Waals surface area contributed by atoms with Crippen molar-refractivity contribution >= 4 is 5.82 Å². The molecule has 1 aromatic heterocycles. The van der Waals surface area contributed by atoms with E-state index in [1.165, 1.54) is 11.1 Å². The van der Waals surface area contributed by atoms with Crippen molar-refractivity contribution in [3.8, 4) is 0 Å². The zero-order valence-corrected chi connectivity index (χ0v) is 10.7. The molecule has 0 aliphatic rings. The summed E-state index contributed by atoms with van der Waals surface area (Å²) in [6.45, 7) is 4.20.